The summed E-state index contributed by atoms with van der Waals surface area (Å²) in [6, 6.07) is 9.10. The third-order valence-electron chi connectivity index (χ3n) is 6.08. The van der Waals surface area contributed by atoms with Crippen molar-refractivity contribution in [3.63, 3.8) is 0 Å². The average molecular weight is 515 g/mol. The second-order valence-electron chi connectivity index (χ2n) is 8.81. The quantitative estimate of drug-likeness (QED) is 0.452. The molecule has 194 valence electrons. The summed E-state index contributed by atoms with van der Waals surface area (Å²) in [6.07, 6.45) is -0.745. The number of anilines is 1. The van der Waals surface area contributed by atoms with Crippen molar-refractivity contribution < 1.29 is 22.4 Å². The smallest absolute Gasteiger partial charge is 0.379 e. The number of nitrogens with one attached hydrogen (secondary N) is 2. The second kappa shape index (κ2) is 11.0. The van der Waals surface area contributed by atoms with Crippen LogP contribution < -0.4 is 10.6 Å². The van der Waals surface area contributed by atoms with E-state index in [1.165, 1.54) is 24.4 Å². The average Bonchev–Trinajstić information content (AvgIpc) is 2.87. The molecule has 1 amide bonds. The molecule has 0 saturated carbocycles. The maximum Gasteiger partial charge on any atom is 0.417 e. The number of rotatable bonds is 7. The molecule has 37 heavy (non-hydrogen) atoms. The van der Waals surface area contributed by atoms with Crippen molar-refractivity contribution in [2.75, 3.05) is 32.0 Å². The zero-order valence-corrected chi connectivity index (χ0v) is 20.1. The predicted molar refractivity (Wildman–Crippen MR) is 135 cm³/mol. The molecular weight excluding hydrogens is 488 g/mol. The minimum Gasteiger partial charge on any atom is -0.379 e. The van der Waals surface area contributed by atoms with Crippen LogP contribution in [0.1, 0.15) is 28.3 Å². The van der Waals surface area contributed by atoms with Crippen molar-refractivity contribution in [1.29, 1.82) is 0 Å². The van der Waals surface area contributed by atoms with Gasteiger partial charge in [-0.3, -0.25) is 4.79 Å². The van der Waals surface area contributed by atoms with Gasteiger partial charge in [0.25, 0.3) is 5.91 Å². The van der Waals surface area contributed by atoms with Gasteiger partial charge in [-0.05, 0) is 43.8 Å². The van der Waals surface area contributed by atoms with E-state index in [0.717, 1.165) is 0 Å². The van der Waals surface area contributed by atoms with E-state index in [0.29, 0.717) is 24.0 Å². The zero-order valence-electron chi connectivity index (χ0n) is 20.1. The molecule has 0 unspecified atom stereocenters. The lowest BCUT2D eigenvalue weighted by Gasteiger charge is -2.33. The number of benzene rings is 1. The van der Waals surface area contributed by atoms with E-state index in [-0.39, 0.29) is 35.6 Å². The highest BCUT2D eigenvalue weighted by molar-refractivity contribution is 6.01. The van der Waals surface area contributed by atoms with Crippen molar-refractivity contribution in [3.8, 4) is 0 Å². The van der Waals surface area contributed by atoms with Gasteiger partial charge in [0.1, 0.15) is 6.17 Å². The van der Waals surface area contributed by atoms with E-state index >= 15 is 0 Å². The van der Waals surface area contributed by atoms with Gasteiger partial charge in [-0.2, -0.15) is 18.3 Å². The van der Waals surface area contributed by atoms with Crippen LogP contribution >= 0.6 is 0 Å². The van der Waals surface area contributed by atoms with Crippen LogP contribution in [0.25, 0.3) is 22.4 Å². The highest BCUT2D eigenvalue weighted by atomic mass is 19.4. The number of likely N-dealkylation sites (tertiary alicyclic amines) is 1. The number of carbonyl (C=O) groups excluding carboxylic acids is 1. The standard InChI is InChI=1S/C26H26F4N6O/c1-16(26(28,29)30)24-18-7-3-8-21(34-22-10-13-36(2)15-20(22)27)19(18)14-17(33-24)6-4-11-31-25(37)23-9-5-12-32-35-23/h3-9,12,14,20,22,34H,1,10-11,13,15H2,2H3,(H,31,37)/b6-4+/t20-,22+/m0/s1. The Balaban J connectivity index is 1.64. The maximum atomic E-state index is 14.7. The lowest BCUT2D eigenvalue weighted by Crippen LogP contribution is -2.46. The van der Waals surface area contributed by atoms with Crippen LogP contribution in [0.2, 0.25) is 0 Å². The van der Waals surface area contributed by atoms with Crippen LogP contribution in [0.3, 0.4) is 0 Å². The van der Waals surface area contributed by atoms with E-state index in [2.05, 4.69) is 32.4 Å². The minimum absolute atomic E-state index is 0.0870. The van der Waals surface area contributed by atoms with Gasteiger partial charge in [0.15, 0.2) is 5.69 Å². The summed E-state index contributed by atoms with van der Waals surface area (Å²) in [7, 11) is 1.84. The fraction of sp³-hybridized carbons (Fsp3) is 0.308. The number of pyridine rings is 1. The molecule has 0 spiro atoms. The molecule has 1 fully saturated rings. The Kier molecular flexibility index (Phi) is 7.82. The number of allylic oxidation sites excluding steroid dienone is 1. The van der Waals surface area contributed by atoms with Gasteiger partial charge in [-0.1, -0.05) is 24.8 Å². The maximum absolute atomic E-state index is 14.7. The Morgan fingerprint density at radius 2 is 2.05 bits per heavy atom. The van der Waals surface area contributed by atoms with E-state index in [9.17, 15) is 22.4 Å². The number of fused-ring (bicyclic) bond motifs is 1. The Morgan fingerprint density at radius 3 is 2.76 bits per heavy atom. The molecule has 1 aliphatic heterocycles. The third-order valence-corrected chi connectivity index (χ3v) is 6.08. The van der Waals surface area contributed by atoms with Crippen molar-refractivity contribution in [1.82, 2.24) is 25.4 Å². The van der Waals surface area contributed by atoms with Crippen molar-refractivity contribution in [3.05, 3.63) is 72.3 Å². The molecule has 0 bridgehead atoms. The largest absolute Gasteiger partial charge is 0.417 e. The van der Waals surface area contributed by atoms with E-state index < -0.39 is 29.9 Å². The molecule has 11 heteroatoms. The molecule has 2 atom stereocenters. The van der Waals surface area contributed by atoms with Crippen molar-refractivity contribution in [2.45, 2.75) is 24.8 Å². The summed E-state index contributed by atoms with van der Waals surface area (Å²) in [5.74, 6) is -0.444. The number of piperidine rings is 1. The number of alkyl halides is 4. The summed E-state index contributed by atoms with van der Waals surface area (Å²) in [4.78, 5) is 18.2. The fourth-order valence-electron chi connectivity index (χ4n) is 4.14. The Hall–Kier alpha value is -3.86. The van der Waals surface area contributed by atoms with Gasteiger partial charge >= 0.3 is 6.18 Å². The van der Waals surface area contributed by atoms with Crippen LogP contribution in [0.4, 0.5) is 23.2 Å². The first-order valence-electron chi connectivity index (χ1n) is 11.7. The summed E-state index contributed by atoms with van der Waals surface area (Å²) >= 11 is 0. The Bertz CT molecular complexity index is 1310. The molecule has 3 heterocycles. The number of halogens is 4. The summed E-state index contributed by atoms with van der Waals surface area (Å²) in [5, 5.41) is 13.9. The molecule has 1 aromatic carbocycles. The first kappa shape index (κ1) is 26.2. The molecule has 1 aliphatic rings. The topological polar surface area (TPSA) is 83.0 Å². The van der Waals surface area contributed by atoms with Crippen molar-refractivity contribution >= 4 is 34.0 Å². The number of hydrogen-bond donors (Lipinski definition) is 2. The normalized spacial score (nSPS) is 18.7. The molecule has 3 aromatic rings. The van der Waals surface area contributed by atoms with Gasteiger partial charge in [-0.15, -0.1) is 5.10 Å². The lowest BCUT2D eigenvalue weighted by atomic mass is 9.99. The molecular formula is C26H26F4N6O. The molecule has 4 rings (SSSR count). The Morgan fingerprint density at radius 1 is 1.24 bits per heavy atom. The van der Waals surface area contributed by atoms with Crippen LogP contribution in [0.15, 0.2) is 55.3 Å². The lowest BCUT2D eigenvalue weighted by molar-refractivity contribution is -0.0688. The van der Waals surface area contributed by atoms with Crippen LogP contribution in [0, 0.1) is 0 Å². The number of hydrogen-bond acceptors (Lipinski definition) is 6. The molecule has 0 aliphatic carbocycles. The number of aromatic nitrogens is 3. The van der Waals surface area contributed by atoms with Crippen LogP contribution in [-0.4, -0.2) is 71.1 Å². The van der Waals surface area contributed by atoms with Crippen LogP contribution in [-0.2, 0) is 0 Å². The second-order valence-corrected chi connectivity index (χ2v) is 8.81. The zero-order chi connectivity index (χ0) is 26.6. The van der Waals surface area contributed by atoms with Gasteiger partial charge in [0.05, 0.1) is 23.0 Å². The molecule has 1 saturated heterocycles. The van der Waals surface area contributed by atoms with Gasteiger partial charge in [-0.25, -0.2) is 9.37 Å². The summed E-state index contributed by atoms with van der Waals surface area (Å²) < 4.78 is 55.6. The first-order chi connectivity index (χ1) is 17.6. The molecule has 0 radical (unpaired) electrons. The monoisotopic (exact) mass is 514 g/mol. The fourth-order valence-corrected chi connectivity index (χ4v) is 4.14. The molecule has 7 nitrogen and oxygen atoms in total. The SMILES string of the molecule is C=C(c1nc(/C=C/CNC(=O)c2cccnn2)cc2c(N[C@@H]3CCN(C)C[C@@H]3F)cccc12)C(F)(F)F. The van der Waals surface area contributed by atoms with Gasteiger partial charge < -0.3 is 15.5 Å². The summed E-state index contributed by atoms with van der Waals surface area (Å²) in [6.45, 7) is 4.30. The summed E-state index contributed by atoms with van der Waals surface area (Å²) in [5.41, 5.74) is -0.505. The van der Waals surface area contributed by atoms with E-state index in [4.69, 9.17) is 0 Å². The van der Waals surface area contributed by atoms with Crippen LogP contribution in [0.5, 0.6) is 0 Å². The molecule has 2 N–H and O–H groups in total. The molecule has 2 aromatic heterocycles. The van der Waals surface area contributed by atoms with Gasteiger partial charge in [0, 0.05) is 42.3 Å². The highest BCUT2D eigenvalue weighted by Gasteiger charge is 2.35. The number of carbonyl (C=O) groups is 1. The van der Waals surface area contributed by atoms with Gasteiger partial charge in [0.2, 0.25) is 0 Å². The number of nitrogens with zero attached hydrogens (tertiary/aromatic N) is 4. The first-order valence-corrected chi connectivity index (χ1v) is 11.7. The third kappa shape index (κ3) is 6.29. The van der Waals surface area contributed by atoms with E-state index in [1.807, 2.05) is 11.9 Å². The minimum atomic E-state index is -4.69. The van der Waals surface area contributed by atoms with Crippen molar-refractivity contribution in [2.24, 2.45) is 0 Å². The number of amides is 1. The van der Waals surface area contributed by atoms with E-state index in [1.54, 1.807) is 30.3 Å². The highest BCUT2D eigenvalue weighted by Crippen LogP contribution is 2.37. The predicted octanol–water partition coefficient (Wildman–Crippen LogP) is 4.50. The Labute approximate surface area is 211 Å².